The minimum atomic E-state index is -0.294. The Morgan fingerprint density at radius 3 is 2.60 bits per heavy atom. The number of aromatic nitrogens is 1. The van der Waals surface area contributed by atoms with Crippen LogP contribution in [0.4, 0.5) is 4.39 Å². The van der Waals surface area contributed by atoms with Gasteiger partial charge < -0.3 is 10.1 Å². The molecule has 0 aliphatic heterocycles. The molecule has 3 rings (SSSR count). The molecule has 1 N–H and O–H groups in total. The molecule has 126 valence electrons. The fraction of sp³-hybridized carbons (Fsp3) is 0.100. The predicted molar refractivity (Wildman–Crippen MR) is 93.8 cm³/mol. The van der Waals surface area contributed by atoms with Gasteiger partial charge in [0.15, 0.2) is 0 Å². The first kappa shape index (κ1) is 16.6. The maximum absolute atomic E-state index is 13.0. The lowest BCUT2D eigenvalue weighted by molar-refractivity contribution is 0.0950. The summed E-state index contributed by atoms with van der Waals surface area (Å²) >= 11 is 0. The summed E-state index contributed by atoms with van der Waals surface area (Å²) in [6.45, 7) is 0.399. The summed E-state index contributed by atoms with van der Waals surface area (Å²) in [5.74, 6) is 0.246. The SMILES string of the molecule is COc1cccc(CNC(=O)c2ccc(-c3ccc(F)cc3)nc2)c1. The summed E-state index contributed by atoms with van der Waals surface area (Å²) in [6.07, 6.45) is 1.51. The summed E-state index contributed by atoms with van der Waals surface area (Å²) in [4.78, 5) is 16.5. The monoisotopic (exact) mass is 336 g/mol. The van der Waals surface area contributed by atoms with E-state index in [0.717, 1.165) is 16.9 Å². The molecule has 1 amide bonds. The van der Waals surface area contributed by atoms with Gasteiger partial charge in [-0.25, -0.2) is 4.39 Å². The second-order valence-corrected chi connectivity index (χ2v) is 5.47. The highest BCUT2D eigenvalue weighted by atomic mass is 19.1. The molecule has 0 fully saturated rings. The summed E-state index contributed by atoms with van der Waals surface area (Å²) in [6, 6.07) is 17.0. The highest BCUT2D eigenvalue weighted by molar-refractivity contribution is 5.94. The number of benzene rings is 2. The Morgan fingerprint density at radius 1 is 1.12 bits per heavy atom. The van der Waals surface area contributed by atoms with Crippen molar-refractivity contribution in [1.82, 2.24) is 10.3 Å². The van der Waals surface area contributed by atoms with Crippen LogP contribution in [-0.4, -0.2) is 18.0 Å². The van der Waals surface area contributed by atoms with Crippen LogP contribution in [0.1, 0.15) is 15.9 Å². The van der Waals surface area contributed by atoms with Gasteiger partial charge in [0.1, 0.15) is 11.6 Å². The van der Waals surface area contributed by atoms with E-state index in [9.17, 15) is 9.18 Å². The van der Waals surface area contributed by atoms with E-state index in [1.54, 1.807) is 31.4 Å². The Morgan fingerprint density at radius 2 is 1.92 bits per heavy atom. The van der Waals surface area contributed by atoms with Crippen LogP contribution in [0.5, 0.6) is 5.75 Å². The fourth-order valence-electron chi connectivity index (χ4n) is 2.39. The van der Waals surface area contributed by atoms with Crippen molar-refractivity contribution < 1.29 is 13.9 Å². The van der Waals surface area contributed by atoms with E-state index < -0.39 is 0 Å². The number of carbonyl (C=O) groups is 1. The van der Waals surface area contributed by atoms with Crippen molar-refractivity contribution in [2.75, 3.05) is 7.11 Å². The average molecular weight is 336 g/mol. The van der Waals surface area contributed by atoms with Gasteiger partial charge in [-0.1, -0.05) is 12.1 Å². The largest absolute Gasteiger partial charge is 0.497 e. The molecule has 0 aliphatic carbocycles. The minimum absolute atomic E-state index is 0.207. The molecule has 2 aromatic carbocycles. The van der Waals surface area contributed by atoms with Crippen LogP contribution in [0.2, 0.25) is 0 Å². The minimum Gasteiger partial charge on any atom is -0.497 e. The first-order chi connectivity index (χ1) is 12.2. The molecular weight excluding hydrogens is 319 g/mol. The number of carbonyl (C=O) groups excluding carboxylic acids is 1. The molecule has 25 heavy (non-hydrogen) atoms. The maximum Gasteiger partial charge on any atom is 0.253 e. The number of methoxy groups -OCH3 is 1. The number of nitrogens with one attached hydrogen (secondary N) is 1. The number of rotatable bonds is 5. The molecule has 0 atom stereocenters. The Kier molecular flexibility index (Phi) is 5.04. The Hall–Kier alpha value is -3.21. The third-order valence-corrected chi connectivity index (χ3v) is 3.75. The highest BCUT2D eigenvalue weighted by Crippen LogP contribution is 2.17. The highest BCUT2D eigenvalue weighted by Gasteiger charge is 2.07. The zero-order valence-corrected chi connectivity index (χ0v) is 13.7. The van der Waals surface area contributed by atoms with Crippen LogP contribution in [0.25, 0.3) is 11.3 Å². The fourth-order valence-corrected chi connectivity index (χ4v) is 2.39. The molecule has 4 nitrogen and oxygen atoms in total. The van der Waals surface area contributed by atoms with Gasteiger partial charge in [0.05, 0.1) is 18.4 Å². The summed E-state index contributed by atoms with van der Waals surface area (Å²) < 4.78 is 18.1. The molecule has 0 aliphatic rings. The number of hydrogen-bond donors (Lipinski definition) is 1. The quantitative estimate of drug-likeness (QED) is 0.770. The smallest absolute Gasteiger partial charge is 0.253 e. The van der Waals surface area contributed by atoms with Crippen molar-refractivity contribution in [2.24, 2.45) is 0 Å². The topological polar surface area (TPSA) is 51.2 Å². The molecule has 3 aromatic rings. The number of ether oxygens (including phenoxy) is 1. The molecule has 0 saturated heterocycles. The van der Waals surface area contributed by atoms with E-state index in [2.05, 4.69) is 10.3 Å². The average Bonchev–Trinajstić information content (AvgIpc) is 2.67. The molecule has 0 saturated carbocycles. The zero-order valence-electron chi connectivity index (χ0n) is 13.7. The van der Waals surface area contributed by atoms with Gasteiger partial charge in [-0.2, -0.15) is 0 Å². The lowest BCUT2D eigenvalue weighted by Crippen LogP contribution is -2.22. The second kappa shape index (κ2) is 7.57. The van der Waals surface area contributed by atoms with E-state index >= 15 is 0 Å². The summed E-state index contributed by atoms with van der Waals surface area (Å²) in [7, 11) is 1.60. The first-order valence-corrected chi connectivity index (χ1v) is 7.79. The van der Waals surface area contributed by atoms with E-state index in [1.807, 2.05) is 24.3 Å². The Bertz CT molecular complexity index is 862. The van der Waals surface area contributed by atoms with Crippen molar-refractivity contribution in [3.05, 3.63) is 83.8 Å². The van der Waals surface area contributed by atoms with Gasteiger partial charge in [-0.3, -0.25) is 9.78 Å². The van der Waals surface area contributed by atoms with Crippen molar-refractivity contribution in [3.63, 3.8) is 0 Å². The zero-order chi connectivity index (χ0) is 17.6. The van der Waals surface area contributed by atoms with Crippen LogP contribution in [0.3, 0.4) is 0 Å². The standard InChI is InChI=1S/C20H17FN2O2/c1-25-18-4-2-3-14(11-18)12-23-20(24)16-7-10-19(22-13-16)15-5-8-17(21)9-6-15/h2-11,13H,12H2,1H3,(H,23,24). The molecule has 0 radical (unpaired) electrons. The number of nitrogens with zero attached hydrogens (tertiary/aromatic N) is 1. The molecule has 0 unspecified atom stereocenters. The first-order valence-electron chi connectivity index (χ1n) is 7.79. The molecule has 0 bridgehead atoms. The van der Waals surface area contributed by atoms with E-state index in [1.165, 1.54) is 18.3 Å². The van der Waals surface area contributed by atoms with Crippen LogP contribution in [-0.2, 0) is 6.54 Å². The maximum atomic E-state index is 13.0. The summed E-state index contributed by atoms with van der Waals surface area (Å²) in [5, 5.41) is 2.85. The lowest BCUT2D eigenvalue weighted by Gasteiger charge is -2.07. The van der Waals surface area contributed by atoms with E-state index in [0.29, 0.717) is 17.8 Å². The molecule has 1 aromatic heterocycles. The second-order valence-electron chi connectivity index (χ2n) is 5.47. The number of halogens is 1. The van der Waals surface area contributed by atoms with E-state index in [-0.39, 0.29) is 11.7 Å². The van der Waals surface area contributed by atoms with Gasteiger partial charge in [-0.05, 0) is 54.1 Å². The molecule has 0 spiro atoms. The molecule has 5 heteroatoms. The van der Waals surface area contributed by atoms with Crippen LogP contribution in [0, 0.1) is 5.82 Å². The van der Waals surface area contributed by atoms with Crippen molar-refractivity contribution in [1.29, 1.82) is 0 Å². The van der Waals surface area contributed by atoms with Gasteiger partial charge in [0.2, 0.25) is 0 Å². The molecule has 1 heterocycles. The number of pyridine rings is 1. The third-order valence-electron chi connectivity index (χ3n) is 3.75. The van der Waals surface area contributed by atoms with Gasteiger partial charge in [0.25, 0.3) is 5.91 Å². The van der Waals surface area contributed by atoms with Crippen molar-refractivity contribution in [2.45, 2.75) is 6.54 Å². The predicted octanol–water partition coefficient (Wildman–Crippen LogP) is 3.83. The Labute approximate surface area is 145 Å². The van der Waals surface area contributed by atoms with Crippen molar-refractivity contribution >= 4 is 5.91 Å². The third kappa shape index (κ3) is 4.20. The van der Waals surface area contributed by atoms with Crippen LogP contribution >= 0.6 is 0 Å². The molecular formula is C20H17FN2O2. The van der Waals surface area contributed by atoms with Crippen LogP contribution < -0.4 is 10.1 Å². The lowest BCUT2D eigenvalue weighted by atomic mass is 10.1. The number of hydrogen-bond acceptors (Lipinski definition) is 3. The van der Waals surface area contributed by atoms with Gasteiger partial charge >= 0.3 is 0 Å². The van der Waals surface area contributed by atoms with Gasteiger partial charge in [-0.15, -0.1) is 0 Å². The van der Waals surface area contributed by atoms with Gasteiger partial charge in [0, 0.05) is 18.3 Å². The normalized spacial score (nSPS) is 10.3. The van der Waals surface area contributed by atoms with Crippen LogP contribution in [0.15, 0.2) is 66.9 Å². The van der Waals surface area contributed by atoms with Crippen molar-refractivity contribution in [3.8, 4) is 17.0 Å². The number of amides is 1. The Balaban J connectivity index is 1.65. The van der Waals surface area contributed by atoms with E-state index in [4.69, 9.17) is 4.74 Å². The summed E-state index contributed by atoms with van der Waals surface area (Å²) in [5.41, 5.74) is 2.89.